The maximum atomic E-state index is 11.4. The fourth-order valence-electron chi connectivity index (χ4n) is 2.60. The lowest BCUT2D eigenvalue weighted by molar-refractivity contribution is -0.139. The van der Waals surface area contributed by atoms with Gasteiger partial charge in [-0.05, 0) is 68.2 Å². The molecule has 0 bridgehead atoms. The Balaban J connectivity index is 0.000000224. The van der Waals surface area contributed by atoms with Crippen molar-refractivity contribution in [3.05, 3.63) is 33.4 Å². The van der Waals surface area contributed by atoms with E-state index in [1.54, 1.807) is 30.6 Å². The molecular weight excluding hydrogens is 274 g/mol. The van der Waals surface area contributed by atoms with Gasteiger partial charge in [-0.15, -0.1) is 0 Å². The van der Waals surface area contributed by atoms with Crippen molar-refractivity contribution in [1.29, 1.82) is 0 Å². The third-order valence-electron chi connectivity index (χ3n) is 4.55. The van der Waals surface area contributed by atoms with Crippen molar-refractivity contribution in [2.24, 2.45) is 0 Å². The smallest absolute Gasteiger partial charge is 0.257 e. The van der Waals surface area contributed by atoms with E-state index in [9.17, 15) is 9.59 Å². The van der Waals surface area contributed by atoms with Gasteiger partial charge in [0.05, 0.1) is 0 Å². The van der Waals surface area contributed by atoms with E-state index >= 15 is 0 Å². The van der Waals surface area contributed by atoms with Crippen LogP contribution in [0.25, 0.3) is 0 Å². The SMILES string of the molecule is CC(C)=C1CC(C)=C(C)C1.CC1=C(C)C(=O)N(C(C)C)C1=O. The van der Waals surface area contributed by atoms with E-state index in [0.717, 1.165) is 0 Å². The number of imide groups is 1. The van der Waals surface area contributed by atoms with Crippen LogP contribution in [0.4, 0.5) is 0 Å². The predicted molar refractivity (Wildman–Crippen MR) is 91.3 cm³/mol. The van der Waals surface area contributed by atoms with Gasteiger partial charge >= 0.3 is 0 Å². The fourth-order valence-corrected chi connectivity index (χ4v) is 2.60. The van der Waals surface area contributed by atoms with Gasteiger partial charge in [0.25, 0.3) is 11.8 Å². The summed E-state index contributed by atoms with van der Waals surface area (Å²) < 4.78 is 0. The van der Waals surface area contributed by atoms with Crippen LogP contribution < -0.4 is 0 Å². The molecule has 2 amide bonds. The van der Waals surface area contributed by atoms with Gasteiger partial charge in [0, 0.05) is 17.2 Å². The van der Waals surface area contributed by atoms with Crippen LogP contribution in [-0.2, 0) is 9.59 Å². The average molecular weight is 303 g/mol. The van der Waals surface area contributed by atoms with Crippen molar-refractivity contribution >= 4 is 11.8 Å². The Morgan fingerprint density at radius 2 is 1.23 bits per heavy atom. The van der Waals surface area contributed by atoms with E-state index in [2.05, 4.69) is 27.7 Å². The molecule has 1 aliphatic heterocycles. The quantitative estimate of drug-likeness (QED) is 0.526. The highest BCUT2D eigenvalue weighted by molar-refractivity contribution is 6.18. The molecule has 0 radical (unpaired) electrons. The highest BCUT2D eigenvalue weighted by Gasteiger charge is 2.34. The first-order chi connectivity index (χ1) is 10.1. The summed E-state index contributed by atoms with van der Waals surface area (Å²) in [6, 6.07) is -0.0441. The summed E-state index contributed by atoms with van der Waals surface area (Å²) in [5.74, 6) is -0.292. The number of rotatable bonds is 1. The molecule has 1 aliphatic carbocycles. The largest absolute Gasteiger partial charge is 0.272 e. The van der Waals surface area contributed by atoms with Gasteiger partial charge in [0.1, 0.15) is 0 Å². The van der Waals surface area contributed by atoms with Gasteiger partial charge in [0.15, 0.2) is 0 Å². The summed E-state index contributed by atoms with van der Waals surface area (Å²) in [6.07, 6.45) is 2.46. The number of hydrogen-bond acceptors (Lipinski definition) is 2. The topological polar surface area (TPSA) is 37.4 Å². The van der Waals surface area contributed by atoms with Crippen molar-refractivity contribution < 1.29 is 9.59 Å². The van der Waals surface area contributed by atoms with E-state index in [-0.39, 0.29) is 17.9 Å². The summed E-state index contributed by atoms with van der Waals surface area (Å²) in [5, 5.41) is 0. The van der Waals surface area contributed by atoms with E-state index < -0.39 is 0 Å². The lowest BCUT2D eigenvalue weighted by Gasteiger charge is -2.18. The minimum Gasteiger partial charge on any atom is -0.272 e. The van der Waals surface area contributed by atoms with E-state index in [4.69, 9.17) is 0 Å². The second-order valence-corrected chi connectivity index (χ2v) is 6.84. The zero-order chi connectivity index (χ0) is 17.2. The van der Waals surface area contributed by atoms with Crippen molar-refractivity contribution in [2.75, 3.05) is 0 Å². The molecule has 3 nitrogen and oxygen atoms in total. The van der Waals surface area contributed by atoms with Gasteiger partial charge in [-0.1, -0.05) is 22.3 Å². The number of allylic oxidation sites excluding steroid dienone is 4. The van der Waals surface area contributed by atoms with E-state index in [1.165, 1.54) is 23.3 Å². The lowest BCUT2D eigenvalue weighted by Crippen LogP contribution is -2.37. The highest BCUT2D eigenvalue weighted by Crippen LogP contribution is 2.31. The maximum Gasteiger partial charge on any atom is 0.257 e. The summed E-state index contributed by atoms with van der Waals surface area (Å²) >= 11 is 0. The van der Waals surface area contributed by atoms with Crippen LogP contribution >= 0.6 is 0 Å². The maximum absolute atomic E-state index is 11.4. The molecule has 2 aliphatic rings. The van der Waals surface area contributed by atoms with Crippen LogP contribution in [0.1, 0.15) is 68.2 Å². The first-order valence-corrected chi connectivity index (χ1v) is 7.93. The molecule has 122 valence electrons. The molecule has 0 aromatic rings. The number of carbonyl (C=O) groups is 2. The van der Waals surface area contributed by atoms with Crippen molar-refractivity contribution in [3.8, 4) is 0 Å². The van der Waals surface area contributed by atoms with Crippen molar-refractivity contribution in [3.63, 3.8) is 0 Å². The molecule has 0 saturated carbocycles. The zero-order valence-corrected chi connectivity index (χ0v) is 15.3. The van der Waals surface area contributed by atoms with Gasteiger partial charge < -0.3 is 0 Å². The zero-order valence-electron chi connectivity index (χ0n) is 15.3. The van der Waals surface area contributed by atoms with Crippen LogP contribution in [0.3, 0.4) is 0 Å². The van der Waals surface area contributed by atoms with Crippen molar-refractivity contribution in [2.45, 2.75) is 74.3 Å². The lowest BCUT2D eigenvalue weighted by atomic mass is 10.1. The second kappa shape index (κ2) is 7.08. The van der Waals surface area contributed by atoms with E-state index in [1.807, 2.05) is 13.8 Å². The molecule has 0 atom stereocenters. The van der Waals surface area contributed by atoms with Crippen LogP contribution in [-0.4, -0.2) is 22.8 Å². The Labute approximate surface area is 134 Å². The third-order valence-corrected chi connectivity index (χ3v) is 4.55. The summed E-state index contributed by atoms with van der Waals surface area (Å²) in [7, 11) is 0. The molecule has 0 spiro atoms. The summed E-state index contributed by atoms with van der Waals surface area (Å²) in [4.78, 5) is 24.1. The molecule has 3 heteroatoms. The molecule has 0 unspecified atom stereocenters. The van der Waals surface area contributed by atoms with Crippen LogP contribution in [0, 0.1) is 0 Å². The first-order valence-electron chi connectivity index (χ1n) is 7.93. The molecule has 0 aromatic carbocycles. The van der Waals surface area contributed by atoms with Gasteiger partial charge in [0.2, 0.25) is 0 Å². The Morgan fingerprint density at radius 3 is 1.41 bits per heavy atom. The molecular formula is C19H29NO2. The molecule has 0 aromatic heterocycles. The van der Waals surface area contributed by atoms with Gasteiger partial charge in [-0.25, -0.2) is 0 Å². The third kappa shape index (κ3) is 3.76. The van der Waals surface area contributed by atoms with Gasteiger partial charge in [-0.3, -0.25) is 14.5 Å². The fraction of sp³-hybridized carbons (Fsp3) is 0.579. The Morgan fingerprint density at radius 1 is 0.864 bits per heavy atom. The Bertz CT molecular complexity index is 545. The number of nitrogens with zero attached hydrogens (tertiary/aromatic N) is 1. The van der Waals surface area contributed by atoms with Crippen molar-refractivity contribution in [1.82, 2.24) is 4.90 Å². The Kier molecular flexibility index (Phi) is 5.92. The monoisotopic (exact) mass is 303 g/mol. The summed E-state index contributed by atoms with van der Waals surface area (Å²) in [6.45, 7) is 16.0. The number of amides is 2. The predicted octanol–water partition coefficient (Wildman–Crippen LogP) is 4.55. The standard InChI is InChI=1S/C10H16.C9H13NO2/c1-7(2)10-5-8(3)9(4)6-10;1-5(2)10-8(11)6(3)7(4)9(10)12/h5-6H2,1-4H3;5H,1-4H3. The molecule has 0 saturated heterocycles. The average Bonchev–Trinajstić information content (AvgIpc) is 2.85. The van der Waals surface area contributed by atoms with Crippen LogP contribution in [0.2, 0.25) is 0 Å². The number of carbonyl (C=O) groups excluding carboxylic acids is 2. The number of hydrogen-bond donors (Lipinski definition) is 0. The molecule has 22 heavy (non-hydrogen) atoms. The minimum atomic E-state index is -0.146. The summed E-state index contributed by atoms with van der Waals surface area (Å²) in [5.41, 5.74) is 7.46. The van der Waals surface area contributed by atoms with E-state index in [0.29, 0.717) is 11.1 Å². The van der Waals surface area contributed by atoms with Gasteiger partial charge in [-0.2, -0.15) is 0 Å². The van der Waals surface area contributed by atoms with Crippen LogP contribution in [0.5, 0.6) is 0 Å². The molecule has 2 rings (SSSR count). The highest BCUT2D eigenvalue weighted by atomic mass is 16.2. The minimum absolute atomic E-state index is 0.0441. The normalized spacial score (nSPS) is 18.6. The first kappa shape index (κ1) is 18.4. The molecule has 1 heterocycles. The Hall–Kier alpha value is -1.64. The molecule has 0 N–H and O–H groups in total. The molecule has 0 fully saturated rings. The van der Waals surface area contributed by atoms with Crippen LogP contribution in [0.15, 0.2) is 33.4 Å². The second-order valence-electron chi connectivity index (χ2n) is 6.84.